The zero-order valence-electron chi connectivity index (χ0n) is 13.0. The molecule has 2 fully saturated rings. The zero-order chi connectivity index (χ0) is 15.5. The fourth-order valence-corrected chi connectivity index (χ4v) is 3.20. The Morgan fingerprint density at radius 2 is 1.95 bits per heavy atom. The number of carbonyl (C=O) groups excluding carboxylic acids is 2. The number of nitrogens with zero attached hydrogens (tertiary/aromatic N) is 2. The predicted molar refractivity (Wildman–Crippen MR) is 82.6 cm³/mol. The van der Waals surface area contributed by atoms with Gasteiger partial charge in [0.25, 0.3) is 5.91 Å². The van der Waals surface area contributed by atoms with E-state index < -0.39 is 0 Å². The average molecular weight is 302 g/mol. The predicted octanol–water partition coefficient (Wildman–Crippen LogP) is 1.46. The van der Waals surface area contributed by atoms with Gasteiger partial charge in [0.15, 0.2) is 0 Å². The second-order valence-corrected chi connectivity index (χ2v) is 5.96. The van der Waals surface area contributed by atoms with Gasteiger partial charge in [-0.3, -0.25) is 9.59 Å². The molecule has 2 heterocycles. The van der Waals surface area contributed by atoms with Gasteiger partial charge in [0.05, 0.1) is 13.2 Å². The summed E-state index contributed by atoms with van der Waals surface area (Å²) in [6, 6.07) is 7.25. The first-order chi connectivity index (χ1) is 10.7. The summed E-state index contributed by atoms with van der Waals surface area (Å²) in [7, 11) is 0. The summed E-state index contributed by atoms with van der Waals surface area (Å²) < 4.78 is 5.29. The van der Waals surface area contributed by atoms with Gasteiger partial charge in [-0.25, -0.2) is 0 Å². The number of aryl methyl sites for hydroxylation is 1. The minimum Gasteiger partial charge on any atom is -0.378 e. The molecule has 0 N–H and O–H groups in total. The first-order valence-corrected chi connectivity index (χ1v) is 7.91. The first kappa shape index (κ1) is 15.0. The lowest BCUT2D eigenvalue weighted by molar-refractivity contribution is -0.139. The summed E-state index contributed by atoms with van der Waals surface area (Å²) in [6.45, 7) is 5.06. The van der Waals surface area contributed by atoms with Crippen LogP contribution in [0.15, 0.2) is 24.3 Å². The lowest BCUT2D eigenvalue weighted by Crippen LogP contribution is -2.51. The number of hydrogen-bond acceptors (Lipinski definition) is 3. The standard InChI is InChI=1S/C17H22N2O3/c1-13-4-2-5-14(12-13)16(20)19-7-3-6-15(19)17(21)18-8-10-22-11-9-18/h2,4-5,12,15H,3,6-11H2,1H3/t15-/m1/s1. The van der Waals surface area contributed by atoms with Gasteiger partial charge in [0.1, 0.15) is 6.04 Å². The molecule has 2 aliphatic rings. The molecule has 1 atom stereocenters. The fraction of sp³-hybridized carbons (Fsp3) is 0.529. The molecular weight excluding hydrogens is 280 g/mol. The molecule has 0 saturated carbocycles. The number of amides is 2. The van der Waals surface area contributed by atoms with Gasteiger partial charge in [-0.1, -0.05) is 17.7 Å². The van der Waals surface area contributed by atoms with Crippen LogP contribution in [0.5, 0.6) is 0 Å². The van der Waals surface area contributed by atoms with Crippen molar-refractivity contribution in [3.8, 4) is 0 Å². The first-order valence-electron chi connectivity index (χ1n) is 7.91. The number of rotatable bonds is 2. The smallest absolute Gasteiger partial charge is 0.254 e. The van der Waals surface area contributed by atoms with Crippen molar-refractivity contribution in [2.45, 2.75) is 25.8 Å². The van der Waals surface area contributed by atoms with E-state index in [4.69, 9.17) is 4.74 Å². The van der Waals surface area contributed by atoms with Crippen molar-refractivity contribution in [3.63, 3.8) is 0 Å². The van der Waals surface area contributed by atoms with Gasteiger partial charge in [-0.2, -0.15) is 0 Å². The van der Waals surface area contributed by atoms with E-state index in [1.54, 1.807) is 4.90 Å². The van der Waals surface area contributed by atoms with Crippen LogP contribution in [0.1, 0.15) is 28.8 Å². The molecule has 118 valence electrons. The van der Waals surface area contributed by atoms with Crippen LogP contribution in [-0.2, 0) is 9.53 Å². The summed E-state index contributed by atoms with van der Waals surface area (Å²) in [4.78, 5) is 29.0. The highest BCUT2D eigenvalue weighted by Crippen LogP contribution is 2.22. The Hall–Kier alpha value is -1.88. The SMILES string of the molecule is Cc1cccc(C(=O)N2CCC[C@@H]2C(=O)N2CCOCC2)c1. The normalized spacial score (nSPS) is 22.0. The lowest BCUT2D eigenvalue weighted by Gasteiger charge is -2.32. The monoisotopic (exact) mass is 302 g/mol. The van der Waals surface area contributed by atoms with E-state index in [-0.39, 0.29) is 17.9 Å². The van der Waals surface area contributed by atoms with Gasteiger partial charge in [-0.05, 0) is 31.9 Å². The Kier molecular flexibility index (Phi) is 4.43. The molecule has 2 saturated heterocycles. The average Bonchev–Trinajstić information content (AvgIpc) is 3.04. The molecule has 1 aromatic rings. The fourth-order valence-electron chi connectivity index (χ4n) is 3.20. The molecular formula is C17H22N2O3. The highest BCUT2D eigenvalue weighted by atomic mass is 16.5. The highest BCUT2D eigenvalue weighted by Gasteiger charge is 2.37. The van der Waals surface area contributed by atoms with E-state index in [1.165, 1.54) is 0 Å². The molecule has 2 aliphatic heterocycles. The Morgan fingerprint density at radius 3 is 2.68 bits per heavy atom. The maximum Gasteiger partial charge on any atom is 0.254 e. The van der Waals surface area contributed by atoms with Crippen LogP contribution < -0.4 is 0 Å². The van der Waals surface area contributed by atoms with Crippen molar-refractivity contribution in [2.24, 2.45) is 0 Å². The molecule has 22 heavy (non-hydrogen) atoms. The van der Waals surface area contributed by atoms with Crippen LogP contribution in [0.3, 0.4) is 0 Å². The van der Waals surface area contributed by atoms with Crippen molar-refractivity contribution in [3.05, 3.63) is 35.4 Å². The van der Waals surface area contributed by atoms with Crippen LogP contribution in [0.4, 0.5) is 0 Å². The van der Waals surface area contributed by atoms with Gasteiger partial charge < -0.3 is 14.5 Å². The quantitative estimate of drug-likeness (QED) is 0.831. The molecule has 0 spiro atoms. The number of likely N-dealkylation sites (tertiary alicyclic amines) is 1. The third-order valence-electron chi connectivity index (χ3n) is 4.39. The van der Waals surface area contributed by atoms with Crippen molar-refractivity contribution in [1.29, 1.82) is 0 Å². The Morgan fingerprint density at radius 1 is 1.18 bits per heavy atom. The largest absolute Gasteiger partial charge is 0.378 e. The van der Waals surface area contributed by atoms with Gasteiger partial charge in [0, 0.05) is 25.2 Å². The van der Waals surface area contributed by atoms with Crippen LogP contribution in [0.2, 0.25) is 0 Å². The summed E-state index contributed by atoms with van der Waals surface area (Å²) in [5, 5.41) is 0. The van der Waals surface area contributed by atoms with Gasteiger partial charge in [-0.15, -0.1) is 0 Å². The number of morpholine rings is 1. The second kappa shape index (κ2) is 6.48. The Bertz CT molecular complexity index is 567. The lowest BCUT2D eigenvalue weighted by atomic mass is 10.1. The van der Waals surface area contributed by atoms with E-state index >= 15 is 0 Å². The Balaban J connectivity index is 1.75. The number of carbonyl (C=O) groups is 2. The third kappa shape index (κ3) is 2.99. The maximum absolute atomic E-state index is 12.7. The van der Waals surface area contributed by atoms with Crippen molar-refractivity contribution >= 4 is 11.8 Å². The molecule has 5 heteroatoms. The van der Waals surface area contributed by atoms with E-state index in [0.29, 0.717) is 38.4 Å². The summed E-state index contributed by atoms with van der Waals surface area (Å²) >= 11 is 0. The van der Waals surface area contributed by atoms with Crippen LogP contribution in [0, 0.1) is 6.92 Å². The molecule has 0 aliphatic carbocycles. The zero-order valence-corrected chi connectivity index (χ0v) is 13.0. The number of ether oxygens (including phenoxy) is 1. The molecule has 5 nitrogen and oxygen atoms in total. The summed E-state index contributed by atoms with van der Waals surface area (Å²) in [5.41, 5.74) is 1.72. The third-order valence-corrected chi connectivity index (χ3v) is 4.39. The number of hydrogen-bond donors (Lipinski definition) is 0. The molecule has 0 aromatic heterocycles. The van der Waals surface area contributed by atoms with E-state index in [1.807, 2.05) is 36.1 Å². The summed E-state index contributed by atoms with van der Waals surface area (Å²) in [6.07, 6.45) is 1.64. The van der Waals surface area contributed by atoms with Crippen molar-refractivity contribution < 1.29 is 14.3 Å². The van der Waals surface area contributed by atoms with E-state index in [0.717, 1.165) is 18.4 Å². The van der Waals surface area contributed by atoms with Crippen molar-refractivity contribution in [2.75, 3.05) is 32.8 Å². The summed E-state index contributed by atoms with van der Waals surface area (Å²) in [5.74, 6) is 0.0367. The van der Waals surface area contributed by atoms with Crippen LogP contribution in [0.25, 0.3) is 0 Å². The van der Waals surface area contributed by atoms with Crippen molar-refractivity contribution in [1.82, 2.24) is 9.80 Å². The highest BCUT2D eigenvalue weighted by molar-refractivity contribution is 5.98. The van der Waals surface area contributed by atoms with Crippen LogP contribution >= 0.6 is 0 Å². The molecule has 1 aromatic carbocycles. The minimum absolute atomic E-state index is 0.0344. The minimum atomic E-state index is -0.314. The Labute approximate surface area is 130 Å². The van der Waals surface area contributed by atoms with Gasteiger partial charge >= 0.3 is 0 Å². The molecule has 2 amide bonds. The topological polar surface area (TPSA) is 49.9 Å². The second-order valence-electron chi connectivity index (χ2n) is 5.96. The van der Waals surface area contributed by atoms with Crippen LogP contribution in [-0.4, -0.2) is 60.5 Å². The number of benzene rings is 1. The molecule has 0 radical (unpaired) electrons. The molecule has 0 unspecified atom stereocenters. The van der Waals surface area contributed by atoms with E-state index in [2.05, 4.69) is 0 Å². The maximum atomic E-state index is 12.7. The van der Waals surface area contributed by atoms with E-state index in [9.17, 15) is 9.59 Å². The molecule has 3 rings (SSSR count). The molecule has 0 bridgehead atoms. The van der Waals surface area contributed by atoms with Gasteiger partial charge in [0.2, 0.25) is 5.91 Å².